The fraction of sp³-hybridized carbons (Fsp3) is 0.846. The van der Waals surface area contributed by atoms with Gasteiger partial charge in [0.2, 0.25) is 5.24 Å². The van der Waals surface area contributed by atoms with E-state index in [1.165, 1.54) is 32.1 Å². The van der Waals surface area contributed by atoms with Crippen molar-refractivity contribution in [2.45, 2.75) is 64.2 Å². The number of hydrogen-bond donors (Lipinski definition) is 2. The average molecular weight is 278 g/mol. The van der Waals surface area contributed by atoms with Crippen molar-refractivity contribution in [2.24, 2.45) is 0 Å². The molecule has 0 heterocycles. The molecule has 0 aromatic heterocycles. The van der Waals surface area contributed by atoms with Gasteiger partial charge >= 0.3 is 6.09 Å². The smallest absolute Gasteiger partial charge is 0.404 e. The molecule has 0 rings (SSSR count). The van der Waals surface area contributed by atoms with Crippen molar-refractivity contribution >= 4 is 22.9 Å². The fourth-order valence-electron chi connectivity index (χ4n) is 1.82. The van der Waals surface area contributed by atoms with E-state index >= 15 is 0 Å². The van der Waals surface area contributed by atoms with Gasteiger partial charge in [0, 0.05) is 13.0 Å². The van der Waals surface area contributed by atoms with Crippen LogP contribution in [0.1, 0.15) is 64.2 Å². The van der Waals surface area contributed by atoms with Crippen LogP contribution in [-0.2, 0) is 4.79 Å². The van der Waals surface area contributed by atoms with Gasteiger partial charge in [0.25, 0.3) is 0 Å². The Balaban J connectivity index is 2.99. The Morgan fingerprint density at radius 3 is 1.72 bits per heavy atom. The van der Waals surface area contributed by atoms with Crippen molar-refractivity contribution in [1.82, 2.24) is 5.32 Å². The van der Waals surface area contributed by atoms with Crippen molar-refractivity contribution in [3.05, 3.63) is 0 Å². The molecule has 0 aliphatic carbocycles. The Morgan fingerprint density at radius 2 is 1.28 bits per heavy atom. The highest BCUT2D eigenvalue weighted by Gasteiger charge is 1.97. The Hall–Kier alpha value is -0.770. The minimum atomic E-state index is -0.939. The number of carbonyl (C=O) groups excluding carboxylic acids is 1. The van der Waals surface area contributed by atoms with Crippen LogP contribution in [0.3, 0.4) is 0 Å². The van der Waals surface area contributed by atoms with Crippen LogP contribution in [-0.4, -0.2) is 23.0 Å². The van der Waals surface area contributed by atoms with Crippen molar-refractivity contribution in [2.75, 3.05) is 6.54 Å². The van der Waals surface area contributed by atoms with Crippen LogP contribution in [0.25, 0.3) is 0 Å². The van der Waals surface area contributed by atoms with Gasteiger partial charge in [-0.15, -0.1) is 0 Å². The summed E-state index contributed by atoms with van der Waals surface area (Å²) in [5.41, 5.74) is 0. The molecule has 0 saturated carbocycles. The molecule has 0 saturated heterocycles. The molecular formula is C13H24ClNO3. The second-order valence-corrected chi connectivity index (χ2v) is 4.94. The van der Waals surface area contributed by atoms with E-state index in [1.54, 1.807) is 0 Å². The van der Waals surface area contributed by atoms with Crippen LogP contribution >= 0.6 is 11.6 Å². The van der Waals surface area contributed by atoms with Crippen LogP contribution in [0.2, 0.25) is 0 Å². The number of nitrogens with one attached hydrogen (secondary N) is 1. The number of carboxylic acid groups (broad SMARTS) is 1. The number of unbranched alkanes of at least 4 members (excludes halogenated alkanes) is 8. The lowest BCUT2D eigenvalue weighted by atomic mass is 10.1. The molecule has 0 aromatic rings. The molecule has 106 valence electrons. The standard InChI is InChI=1S/C13H24ClNO3/c14-12(16)10-8-6-4-2-1-3-5-7-9-11-15-13(17)18/h15H,1-11H2,(H,17,18). The summed E-state index contributed by atoms with van der Waals surface area (Å²) in [4.78, 5) is 20.6. The molecule has 0 atom stereocenters. The number of amides is 1. The van der Waals surface area contributed by atoms with Crippen LogP contribution in [0, 0.1) is 0 Å². The minimum absolute atomic E-state index is 0.232. The zero-order chi connectivity index (χ0) is 13.6. The van der Waals surface area contributed by atoms with Gasteiger partial charge in [-0.05, 0) is 24.4 Å². The maximum atomic E-state index is 10.5. The first kappa shape index (κ1) is 17.2. The van der Waals surface area contributed by atoms with Crippen molar-refractivity contribution in [3.63, 3.8) is 0 Å². The number of halogens is 1. The summed E-state index contributed by atoms with van der Waals surface area (Å²) in [6.07, 6.45) is 9.54. The van der Waals surface area contributed by atoms with Gasteiger partial charge in [-0.1, -0.05) is 44.9 Å². The van der Waals surface area contributed by atoms with Crippen molar-refractivity contribution in [1.29, 1.82) is 0 Å². The highest BCUT2D eigenvalue weighted by molar-refractivity contribution is 6.63. The van der Waals surface area contributed by atoms with E-state index in [4.69, 9.17) is 16.7 Å². The van der Waals surface area contributed by atoms with Gasteiger partial charge in [-0.2, -0.15) is 0 Å². The molecule has 5 heteroatoms. The number of carbonyl (C=O) groups is 2. The zero-order valence-corrected chi connectivity index (χ0v) is 11.7. The first-order chi connectivity index (χ1) is 8.63. The van der Waals surface area contributed by atoms with Crippen LogP contribution in [0.15, 0.2) is 0 Å². The SMILES string of the molecule is O=C(Cl)CCCCCCCCCCCNC(=O)O. The molecular weight excluding hydrogens is 254 g/mol. The predicted molar refractivity (Wildman–Crippen MR) is 73.1 cm³/mol. The molecule has 4 nitrogen and oxygen atoms in total. The van der Waals surface area contributed by atoms with E-state index < -0.39 is 6.09 Å². The van der Waals surface area contributed by atoms with Gasteiger partial charge in [-0.25, -0.2) is 4.79 Å². The first-order valence-corrected chi connectivity index (χ1v) is 7.16. The largest absolute Gasteiger partial charge is 0.465 e. The molecule has 0 aliphatic rings. The third-order valence-corrected chi connectivity index (χ3v) is 3.02. The Bertz CT molecular complexity index is 210. The quantitative estimate of drug-likeness (QED) is 0.420. The molecule has 1 amide bonds. The highest BCUT2D eigenvalue weighted by Crippen LogP contribution is 2.10. The zero-order valence-electron chi connectivity index (χ0n) is 10.9. The molecule has 0 aliphatic heterocycles. The lowest BCUT2D eigenvalue weighted by molar-refractivity contribution is -0.111. The maximum absolute atomic E-state index is 10.5. The lowest BCUT2D eigenvalue weighted by Gasteiger charge is -2.02. The molecule has 0 aromatic carbocycles. The first-order valence-electron chi connectivity index (χ1n) is 6.78. The van der Waals surface area contributed by atoms with Crippen LogP contribution in [0.5, 0.6) is 0 Å². The van der Waals surface area contributed by atoms with Crippen molar-refractivity contribution in [3.8, 4) is 0 Å². The molecule has 0 radical (unpaired) electrons. The summed E-state index contributed by atoms with van der Waals surface area (Å²) in [5.74, 6) is 0. The summed E-state index contributed by atoms with van der Waals surface area (Å²) in [6, 6.07) is 0. The summed E-state index contributed by atoms with van der Waals surface area (Å²) >= 11 is 5.24. The Labute approximate surface area is 114 Å². The lowest BCUT2D eigenvalue weighted by Crippen LogP contribution is -2.21. The third-order valence-electron chi connectivity index (χ3n) is 2.83. The molecule has 0 spiro atoms. The van der Waals surface area contributed by atoms with Gasteiger partial charge in [0.1, 0.15) is 0 Å². The van der Waals surface area contributed by atoms with Crippen molar-refractivity contribution < 1.29 is 14.7 Å². The number of hydrogen-bond acceptors (Lipinski definition) is 2. The third kappa shape index (κ3) is 15.2. The predicted octanol–water partition coefficient (Wildman–Crippen LogP) is 3.92. The summed E-state index contributed by atoms with van der Waals surface area (Å²) in [5, 5.41) is 10.5. The summed E-state index contributed by atoms with van der Waals surface area (Å²) < 4.78 is 0. The number of rotatable bonds is 12. The second kappa shape index (κ2) is 12.7. The van der Waals surface area contributed by atoms with E-state index in [0.717, 1.165) is 25.7 Å². The molecule has 0 bridgehead atoms. The molecule has 0 fully saturated rings. The van der Waals surface area contributed by atoms with Gasteiger partial charge in [-0.3, -0.25) is 4.79 Å². The van der Waals surface area contributed by atoms with E-state index in [1.807, 2.05) is 0 Å². The Kier molecular flexibility index (Phi) is 12.1. The summed E-state index contributed by atoms with van der Waals surface area (Å²) in [7, 11) is 0. The second-order valence-electron chi connectivity index (χ2n) is 4.52. The van der Waals surface area contributed by atoms with Crippen LogP contribution in [0.4, 0.5) is 4.79 Å². The fourth-order valence-corrected chi connectivity index (χ4v) is 1.96. The summed E-state index contributed by atoms with van der Waals surface area (Å²) in [6.45, 7) is 0.557. The topological polar surface area (TPSA) is 66.4 Å². The highest BCUT2D eigenvalue weighted by atomic mass is 35.5. The molecule has 0 unspecified atom stereocenters. The average Bonchev–Trinajstić information content (AvgIpc) is 2.29. The van der Waals surface area contributed by atoms with Gasteiger partial charge in [0.15, 0.2) is 0 Å². The van der Waals surface area contributed by atoms with E-state index in [0.29, 0.717) is 13.0 Å². The van der Waals surface area contributed by atoms with Crippen LogP contribution < -0.4 is 5.32 Å². The Morgan fingerprint density at radius 1 is 0.833 bits per heavy atom. The van der Waals surface area contributed by atoms with E-state index in [2.05, 4.69) is 5.32 Å². The van der Waals surface area contributed by atoms with Gasteiger partial charge in [0.05, 0.1) is 0 Å². The van der Waals surface area contributed by atoms with E-state index in [9.17, 15) is 9.59 Å². The molecule has 18 heavy (non-hydrogen) atoms. The van der Waals surface area contributed by atoms with E-state index in [-0.39, 0.29) is 5.24 Å². The van der Waals surface area contributed by atoms with Gasteiger partial charge < -0.3 is 10.4 Å². The monoisotopic (exact) mass is 277 g/mol. The normalized spacial score (nSPS) is 10.3. The minimum Gasteiger partial charge on any atom is -0.465 e. The molecule has 2 N–H and O–H groups in total. The maximum Gasteiger partial charge on any atom is 0.404 e.